The molecule has 0 atom stereocenters. The number of hydrogen-bond acceptors (Lipinski definition) is 3. The highest BCUT2D eigenvalue weighted by Gasteiger charge is 2.16. The lowest BCUT2D eigenvalue weighted by atomic mass is 10.0. The number of benzene rings is 1. The first kappa shape index (κ1) is 14.9. The van der Waals surface area contributed by atoms with E-state index in [1.54, 1.807) is 18.2 Å². The minimum absolute atomic E-state index is 0.194. The van der Waals surface area contributed by atoms with Crippen LogP contribution in [0.3, 0.4) is 0 Å². The molecule has 4 nitrogen and oxygen atoms in total. The van der Waals surface area contributed by atoms with E-state index in [2.05, 4.69) is 4.98 Å². The highest BCUT2D eigenvalue weighted by Crippen LogP contribution is 2.39. The fourth-order valence-corrected chi connectivity index (χ4v) is 2.38. The molecule has 0 aliphatic carbocycles. The average Bonchev–Trinajstić information content (AvgIpc) is 2.39. The number of halogens is 3. The van der Waals surface area contributed by atoms with E-state index < -0.39 is 5.97 Å². The van der Waals surface area contributed by atoms with E-state index in [0.717, 1.165) is 0 Å². The van der Waals surface area contributed by atoms with Crippen LogP contribution < -0.4 is 5.73 Å². The molecule has 0 bridgehead atoms. The van der Waals surface area contributed by atoms with Gasteiger partial charge in [0.05, 0.1) is 32.9 Å². The molecule has 0 saturated heterocycles. The summed E-state index contributed by atoms with van der Waals surface area (Å²) < 4.78 is 0. The molecule has 0 radical (unpaired) electrons. The molecule has 0 saturated carbocycles. The molecule has 0 amide bonds. The third kappa shape index (κ3) is 2.82. The maximum atomic E-state index is 10.8. The third-order valence-electron chi connectivity index (χ3n) is 2.71. The van der Waals surface area contributed by atoms with E-state index in [4.69, 9.17) is 45.6 Å². The number of aliphatic carboxylic acids is 1. The van der Waals surface area contributed by atoms with Gasteiger partial charge in [-0.1, -0.05) is 34.8 Å². The van der Waals surface area contributed by atoms with Crippen molar-refractivity contribution in [2.75, 3.05) is 5.73 Å². The Morgan fingerprint density at radius 3 is 2.55 bits per heavy atom. The quantitative estimate of drug-likeness (QED) is 0.836. The van der Waals surface area contributed by atoms with Crippen molar-refractivity contribution in [2.24, 2.45) is 0 Å². The zero-order valence-electron chi connectivity index (χ0n) is 10.0. The van der Waals surface area contributed by atoms with E-state index in [1.165, 1.54) is 6.20 Å². The Balaban J connectivity index is 2.59. The minimum atomic E-state index is -0.978. The molecule has 2 rings (SSSR count). The summed E-state index contributed by atoms with van der Waals surface area (Å²) in [5, 5.41) is 9.60. The van der Waals surface area contributed by atoms with Gasteiger partial charge in [0.25, 0.3) is 0 Å². The van der Waals surface area contributed by atoms with E-state index in [1.807, 2.05) is 0 Å². The molecule has 0 unspecified atom stereocenters. The number of anilines is 1. The van der Waals surface area contributed by atoms with Crippen molar-refractivity contribution in [3.63, 3.8) is 0 Å². The molecule has 1 aromatic carbocycles. The Kier molecular flexibility index (Phi) is 4.38. The van der Waals surface area contributed by atoms with Gasteiger partial charge in [0, 0.05) is 11.8 Å². The summed E-state index contributed by atoms with van der Waals surface area (Å²) in [4.78, 5) is 14.9. The van der Waals surface area contributed by atoms with Crippen molar-refractivity contribution in [1.82, 2.24) is 4.98 Å². The van der Waals surface area contributed by atoms with Gasteiger partial charge in [-0.05, 0) is 23.8 Å². The number of pyridine rings is 1. The number of nitrogens with zero attached hydrogens (tertiary/aromatic N) is 1. The van der Waals surface area contributed by atoms with Crippen LogP contribution in [0.25, 0.3) is 11.3 Å². The van der Waals surface area contributed by atoms with Gasteiger partial charge in [-0.3, -0.25) is 9.78 Å². The van der Waals surface area contributed by atoms with Crippen molar-refractivity contribution in [3.05, 3.63) is 45.0 Å². The highest BCUT2D eigenvalue weighted by molar-refractivity contribution is 6.49. The van der Waals surface area contributed by atoms with Crippen LogP contribution in [-0.4, -0.2) is 16.1 Å². The van der Waals surface area contributed by atoms with Crippen molar-refractivity contribution in [2.45, 2.75) is 6.42 Å². The molecule has 3 N–H and O–H groups in total. The van der Waals surface area contributed by atoms with Gasteiger partial charge in [0.1, 0.15) is 0 Å². The number of hydrogen-bond donors (Lipinski definition) is 2. The van der Waals surface area contributed by atoms with E-state index in [0.29, 0.717) is 21.8 Å². The van der Waals surface area contributed by atoms with Gasteiger partial charge in [0.15, 0.2) is 0 Å². The second-order valence-corrected chi connectivity index (χ2v) is 5.19. The first-order valence-corrected chi connectivity index (χ1v) is 6.64. The molecular weight excluding hydrogens is 323 g/mol. The van der Waals surface area contributed by atoms with Crippen molar-refractivity contribution in [1.29, 1.82) is 0 Å². The van der Waals surface area contributed by atoms with Crippen LogP contribution in [0.15, 0.2) is 24.4 Å². The Hall–Kier alpha value is -1.49. The molecule has 1 heterocycles. The van der Waals surface area contributed by atoms with Crippen LogP contribution in [0.5, 0.6) is 0 Å². The minimum Gasteiger partial charge on any atom is -0.481 e. The molecule has 1 aromatic heterocycles. The maximum absolute atomic E-state index is 10.8. The molecule has 0 aliphatic rings. The van der Waals surface area contributed by atoms with Gasteiger partial charge < -0.3 is 10.8 Å². The molecule has 0 aliphatic heterocycles. The van der Waals surface area contributed by atoms with Crippen LogP contribution in [0.2, 0.25) is 15.1 Å². The Bertz CT molecular complexity index is 690. The second kappa shape index (κ2) is 5.87. The summed E-state index contributed by atoms with van der Waals surface area (Å²) in [5.41, 5.74) is 7.57. The monoisotopic (exact) mass is 330 g/mol. The maximum Gasteiger partial charge on any atom is 0.307 e. The first-order valence-electron chi connectivity index (χ1n) is 5.50. The highest BCUT2D eigenvalue weighted by atomic mass is 35.5. The predicted octanol–water partition coefficient (Wildman–Crippen LogP) is 3.92. The van der Waals surface area contributed by atoms with E-state index in [9.17, 15) is 4.79 Å². The lowest BCUT2D eigenvalue weighted by molar-refractivity contribution is -0.136. The number of nitrogen functional groups attached to an aromatic ring is 1. The molecule has 0 spiro atoms. The summed E-state index contributed by atoms with van der Waals surface area (Å²) in [5.74, 6) is -0.978. The van der Waals surface area contributed by atoms with Crippen LogP contribution in [-0.2, 0) is 11.2 Å². The number of carboxylic acids is 1. The van der Waals surface area contributed by atoms with Gasteiger partial charge in [0.2, 0.25) is 0 Å². The lowest BCUT2D eigenvalue weighted by Crippen LogP contribution is -2.05. The Morgan fingerprint density at radius 2 is 1.90 bits per heavy atom. The van der Waals surface area contributed by atoms with Gasteiger partial charge in [-0.15, -0.1) is 0 Å². The summed E-state index contributed by atoms with van der Waals surface area (Å²) in [6.07, 6.45) is 1.28. The molecule has 0 fully saturated rings. The molecule has 20 heavy (non-hydrogen) atoms. The summed E-state index contributed by atoms with van der Waals surface area (Å²) >= 11 is 18.0. The zero-order valence-corrected chi connectivity index (χ0v) is 12.3. The summed E-state index contributed by atoms with van der Waals surface area (Å²) in [6.45, 7) is 0. The first-order chi connectivity index (χ1) is 9.41. The second-order valence-electron chi connectivity index (χ2n) is 4.03. The lowest BCUT2D eigenvalue weighted by Gasteiger charge is -2.11. The molecule has 7 heteroatoms. The standard InChI is InChI=1S/C13H9Cl3N2O2/c14-8-2-1-7(10(15)11(8)16)13-12(17)6(3-4-18-13)5-9(19)20/h1-4H,5,17H2,(H,19,20). The van der Waals surface area contributed by atoms with Gasteiger partial charge >= 0.3 is 5.97 Å². The molecule has 2 aromatic rings. The number of carboxylic acid groups (broad SMARTS) is 1. The number of aromatic nitrogens is 1. The van der Waals surface area contributed by atoms with E-state index >= 15 is 0 Å². The number of nitrogens with two attached hydrogens (primary N) is 1. The largest absolute Gasteiger partial charge is 0.481 e. The SMILES string of the molecule is Nc1c(CC(=O)O)ccnc1-c1ccc(Cl)c(Cl)c1Cl. The average molecular weight is 332 g/mol. The molecule has 104 valence electrons. The number of rotatable bonds is 3. The smallest absolute Gasteiger partial charge is 0.307 e. The number of carbonyl (C=O) groups is 1. The topological polar surface area (TPSA) is 76.2 Å². The predicted molar refractivity (Wildman–Crippen MR) is 80.5 cm³/mol. The van der Waals surface area contributed by atoms with E-state index in [-0.39, 0.29) is 22.2 Å². The van der Waals surface area contributed by atoms with Crippen LogP contribution in [0, 0.1) is 0 Å². The normalized spacial score (nSPS) is 10.6. The van der Waals surface area contributed by atoms with Gasteiger partial charge in [-0.2, -0.15) is 0 Å². The van der Waals surface area contributed by atoms with Crippen molar-refractivity contribution < 1.29 is 9.90 Å². The fourth-order valence-electron chi connectivity index (χ4n) is 1.75. The molecular formula is C13H9Cl3N2O2. The Labute approximate surface area is 130 Å². The summed E-state index contributed by atoms with van der Waals surface area (Å²) in [7, 11) is 0. The fraction of sp³-hybridized carbons (Fsp3) is 0.0769. The third-order valence-corrected chi connectivity index (χ3v) is 4.01. The zero-order chi connectivity index (χ0) is 14.9. The van der Waals surface area contributed by atoms with Crippen molar-refractivity contribution >= 4 is 46.5 Å². The van der Waals surface area contributed by atoms with Crippen LogP contribution in [0.4, 0.5) is 5.69 Å². The summed E-state index contributed by atoms with van der Waals surface area (Å²) in [6, 6.07) is 4.77. The van der Waals surface area contributed by atoms with Crippen LogP contribution >= 0.6 is 34.8 Å². The van der Waals surface area contributed by atoms with Crippen LogP contribution in [0.1, 0.15) is 5.56 Å². The van der Waals surface area contributed by atoms with Gasteiger partial charge in [-0.25, -0.2) is 0 Å². The Morgan fingerprint density at radius 1 is 1.20 bits per heavy atom. The van der Waals surface area contributed by atoms with Crippen molar-refractivity contribution in [3.8, 4) is 11.3 Å².